The SMILES string of the molecule is CC(C)(C)OC(=O)C[C@H](NC(=O)[C@@H]1CCCN(C(=O)CCC2CCN(C(=O)OC(C)(C)C)CC2)C1)c1cncc(CCc2cccc(O)c2)c1. The molecular formula is C39H56N4O7. The van der Waals surface area contributed by atoms with Crippen molar-refractivity contribution in [1.29, 1.82) is 0 Å². The molecule has 2 atom stereocenters. The van der Waals surface area contributed by atoms with Gasteiger partial charge in [0.05, 0.1) is 18.4 Å². The van der Waals surface area contributed by atoms with Crippen molar-refractivity contribution in [3.05, 3.63) is 59.4 Å². The molecule has 0 spiro atoms. The highest BCUT2D eigenvalue weighted by molar-refractivity contribution is 5.82. The van der Waals surface area contributed by atoms with Gasteiger partial charge in [-0.05, 0) is 121 Å². The van der Waals surface area contributed by atoms with Gasteiger partial charge in [-0.3, -0.25) is 19.4 Å². The van der Waals surface area contributed by atoms with E-state index in [9.17, 15) is 24.3 Å². The van der Waals surface area contributed by atoms with Gasteiger partial charge in [-0.2, -0.15) is 0 Å². The quantitative estimate of drug-likeness (QED) is 0.269. The largest absolute Gasteiger partial charge is 0.508 e. The van der Waals surface area contributed by atoms with Crippen LogP contribution < -0.4 is 5.32 Å². The third-order valence-corrected chi connectivity index (χ3v) is 9.12. The van der Waals surface area contributed by atoms with Crippen molar-refractivity contribution < 1.29 is 33.8 Å². The first-order valence-electron chi connectivity index (χ1n) is 18.0. The number of aromatic nitrogens is 1. The molecular weight excluding hydrogens is 636 g/mol. The molecule has 3 heterocycles. The number of phenols is 1. The van der Waals surface area contributed by atoms with Crippen LogP contribution in [0.1, 0.15) is 109 Å². The minimum Gasteiger partial charge on any atom is -0.508 e. The maximum Gasteiger partial charge on any atom is 0.410 e. The number of pyridine rings is 1. The highest BCUT2D eigenvalue weighted by Gasteiger charge is 2.32. The van der Waals surface area contributed by atoms with Gasteiger partial charge in [-0.25, -0.2) is 4.79 Å². The molecule has 2 saturated heterocycles. The Bertz CT molecular complexity index is 1470. The van der Waals surface area contributed by atoms with E-state index in [-0.39, 0.29) is 30.1 Å². The van der Waals surface area contributed by atoms with E-state index in [1.807, 2.05) is 59.7 Å². The Morgan fingerprint density at radius 1 is 0.900 bits per heavy atom. The number of rotatable bonds is 11. The summed E-state index contributed by atoms with van der Waals surface area (Å²) < 4.78 is 11.1. The van der Waals surface area contributed by atoms with Crippen LogP contribution in [0.15, 0.2) is 42.7 Å². The van der Waals surface area contributed by atoms with Gasteiger partial charge in [-0.1, -0.05) is 18.2 Å². The van der Waals surface area contributed by atoms with Gasteiger partial charge in [0.25, 0.3) is 0 Å². The lowest BCUT2D eigenvalue weighted by molar-refractivity contribution is -0.155. The number of benzene rings is 1. The van der Waals surface area contributed by atoms with Crippen LogP contribution in [-0.2, 0) is 36.7 Å². The van der Waals surface area contributed by atoms with E-state index >= 15 is 0 Å². The number of likely N-dealkylation sites (tertiary alicyclic amines) is 2. The second kappa shape index (κ2) is 17.2. The summed E-state index contributed by atoms with van der Waals surface area (Å²) in [7, 11) is 0. The molecule has 2 fully saturated rings. The lowest BCUT2D eigenvalue weighted by Crippen LogP contribution is -2.46. The van der Waals surface area contributed by atoms with Crippen molar-refractivity contribution in [3.8, 4) is 5.75 Å². The number of carbonyl (C=O) groups excluding carboxylic acids is 4. The summed E-state index contributed by atoms with van der Waals surface area (Å²) >= 11 is 0. The van der Waals surface area contributed by atoms with E-state index in [1.54, 1.807) is 34.3 Å². The highest BCUT2D eigenvalue weighted by Crippen LogP contribution is 2.27. The normalized spacial score (nSPS) is 17.9. The standard InChI is InChI=1S/C39H56N4O7/c1-38(2,3)49-35(46)23-33(31-21-29(24-40-25-31)13-12-28-9-7-11-32(44)22-28)41-36(47)30-10-8-18-43(26-30)34(45)15-14-27-16-19-42(20-17-27)37(48)50-39(4,5)6/h7,9,11,21-22,24-25,27,30,33,44H,8,10,12-20,23,26H2,1-6H3,(H,41,47)/t30-,33+/m1/s1. The molecule has 0 bridgehead atoms. The Balaban J connectivity index is 1.34. The Morgan fingerprint density at radius 2 is 1.60 bits per heavy atom. The van der Waals surface area contributed by atoms with Gasteiger partial charge >= 0.3 is 12.1 Å². The molecule has 4 rings (SSSR count). The first kappa shape index (κ1) is 38.6. The molecule has 0 radical (unpaired) electrons. The van der Waals surface area contributed by atoms with Gasteiger partial charge in [0.1, 0.15) is 17.0 Å². The Kier molecular flexibility index (Phi) is 13.3. The fourth-order valence-corrected chi connectivity index (χ4v) is 6.56. The van der Waals surface area contributed by atoms with E-state index in [0.717, 1.165) is 36.8 Å². The average Bonchev–Trinajstić information content (AvgIpc) is 3.05. The lowest BCUT2D eigenvalue weighted by Gasteiger charge is -2.35. The van der Waals surface area contributed by atoms with E-state index < -0.39 is 29.1 Å². The van der Waals surface area contributed by atoms with E-state index in [4.69, 9.17) is 9.47 Å². The number of aromatic hydroxyl groups is 1. The summed E-state index contributed by atoms with van der Waals surface area (Å²) in [6.45, 7) is 13.2. The summed E-state index contributed by atoms with van der Waals surface area (Å²) in [4.78, 5) is 60.4. The molecule has 2 N–H and O–H groups in total. The van der Waals surface area contributed by atoms with Crippen LogP contribution >= 0.6 is 0 Å². The minimum absolute atomic E-state index is 0.0472. The van der Waals surface area contributed by atoms with Crippen LogP contribution in [0, 0.1) is 11.8 Å². The zero-order valence-electron chi connectivity index (χ0n) is 30.7. The molecule has 0 aliphatic carbocycles. The number of esters is 1. The molecule has 50 heavy (non-hydrogen) atoms. The number of hydrogen-bond acceptors (Lipinski definition) is 8. The van der Waals surface area contributed by atoms with Crippen LogP contribution in [0.2, 0.25) is 0 Å². The predicted octanol–water partition coefficient (Wildman–Crippen LogP) is 6.13. The number of aryl methyl sites for hydroxylation is 2. The number of hydrogen-bond donors (Lipinski definition) is 2. The molecule has 1 aromatic carbocycles. The van der Waals surface area contributed by atoms with Crippen molar-refractivity contribution >= 4 is 23.9 Å². The third kappa shape index (κ3) is 12.6. The summed E-state index contributed by atoms with van der Waals surface area (Å²) in [5, 5.41) is 12.9. The fraction of sp³-hybridized carbons (Fsp3) is 0.615. The monoisotopic (exact) mass is 692 g/mol. The van der Waals surface area contributed by atoms with E-state index in [0.29, 0.717) is 63.3 Å². The topological polar surface area (TPSA) is 138 Å². The molecule has 11 heteroatoms. The van der Waals surface area contributed by atoms with Crippen LogP contribution in [0.3, 0.4) is 0 Å². The van der Waals surface area contributed by atoms with Crippen molar-refractivity contribution in [1.82, 2.24) is 20.1 Å². The zero-order chi connectivity index (χ0) is 36.5. The van der Waals surface area contributed by atoms with E-state index in [2.05, 4.69) is 10.3 Å². The second-order valence-corrected chi connectivity index (χ2v) is 15.8. The van der Waals surface area contributed by atoms with Crippen LogP contribution in [0.25, 0.3) is 0 Å². The molecule has 3 amide bonds. The van der Waals surface area contributed by atoms with Crippen molar-refractivity contribution in [3.63, 3.8) is 0 Å². The maximum atomic E-state index is 13.7. The summed E-state index contributed by atoms with van der Waals surface area (Å²) in [5.74, 6) is -0.394. The van der Waals surface area contributed by atoms with Crippen molar-refractivity contribution in [2.45, 2.75) is 117 Å². The molecule has 274 valence electrons. The van der Waals surface area contributed by atoms with Gasteiger partial charge in [-0.15, -0.1) is 0 Å². The average molecular weight is 693 g/mol. The number of ether oxygens (including phenoxy) is 2. The van der Waals surface area contributed by atoms with Crippen molar-refractivity contribution in [2.75, 3.05) is 26.2 Å². The molecule has 11 nitrogen and oxygen atoms in total. The fourth-order valence-electron chi connectivity index (χ4n) is 6.56. The number of nitrogens with one attached hydrogen (secondary N) is 1. The number of phenolic OH excluding ortho intramolecular Hbond substituents is 1. The molecule has 1 aromatic heterocycles. The highest BCUT2D eigenvalue weighted by atomic mass is 16.6. The molecule has 0 unspecified atom stereocenters. The van der Waals surface area contributed by atoms with E-state index in [1.165, 1.54) is 0 Å². The first-order chi connectivity index (χ1) is 23.5. The van der Waals surface area contributed by atoms with Gasteiger partial charge < -0.3 is 29.7 Å². The molecule has 0 saturated carbocycles. The molecule has 2 aliphatic rings. The van der Waals surface area contributed by atoms with Crippen LogP contribution in [0.4, 0.5) is 4.79 Å². The minimum atomic E-state index is -0.674. The predicted molar refractivity (Wildman–Crippen MR) is 190 cm³/mol. The first-order valence-corrected chi connectivity index (χ1v) is 18.0. The smallest absolute Gasteiger partial charge is 0.410 e. The Morgan fingerprint density at radius 3 is 2.28 bits per heavy atom. The molecule has 2 aliphatic heterocycles. The molecule has 2 aromatic rings. The van der Waals surface area contributed by atoms with Crippen molar-refractivity contribution in [2.24, 2.45) is 11.8 Å². The Labute approximate surface area is 297 Å². The van der Waals surface area contributed by atoms with Crippen LogP contribution in [-0.4, -0.2) is 81.1 Å². The Hall–Kier alpha value is -4.15. The number of carbonyl (C=O) groups is 4. The zero-order valence-corrected chi connectivity index (χ0v) is 30.7. The number of nitrogens with zero attached hydrogens (tertiary/aromatic N) is 3. The summed E-state index contributed by atoms with van der Waals surface area (Å²) in [6.07, 6.45) is 8.67. The summed E-state index contributed by atoms with van der Waals surface area (Å²) in [5.41, 5.74) is 1.44. The van der Waals surface area contributed by atoms with Gasteiger partial charge in [0, 0.05) is 45.0 Å². The van der Waals surface area contributed by atoms with Gasteiger partial charge in [0.15, 0.2) is 0 Å². The van der Waals surface area contributed by atoms with Crippen LogP contribution in [0.5, 0.6) is 5.75 Å². The number of piperidine rings is 2. The number of amides is 3. The van der Waals surface area contributed by atoms with Gasteiger partial charge in [0.2, 0.25) is 11.8 Å². The lowest BCUT2D eigenvalue weighted by atomic mass is 9.91. The maximum absolute atomic E-state index is 13.7. The third-order valence-electron chi connectivity index (χ3n) is 9.12. The second-order valence-electron chi connectivity index (χ2n) is 15.8. The summed E-state index contributed by atoms with van der Waals surface area (Å²) in [6, 6.07) is 8.45.